The molecule has 0 aromatic heterocycles. The molecule has 0 spiro atoms. The van der Waals surface area contributed by atoms with Crippen molar-refractivity contribution >= 4 is 34.6 Å². The largest absolute Gasteiger partial charge is 0.322 e. The number of nitro benzene ring substituents is 2. The van der Waals surface area contributed by atoms with Gasteiger partial charge in [0.05, 0.1) is 9.85 Å². The summed E-state index contributed by atoms with van der Waals surface area (Å²) in [6.07, 6.45) is 0.575. The van der Waals surface area contributed by atoms with Crippen molar-refractivity contribution in [2.24, 2.45) is 0 Å². The molecule has 10 heteroatoms. The predicted octanol–water partition coefficient (Wildman–Crippen LogP) is 5.58. The van der Waals surface area contributed by atoms with E-state index in [0.717, 1.165) is 22.3 Å². The lowest BCUT2D eigenvalue weighted by Gasteiger charge is -2.08. The summed E-state index contributed by atoms with van der Waals surface area (Å²) in [6.45, 7) is 0. The number of hydrogen-bond donors (Lipinski definition) is 2. The smallest absolute Gasteiger partial charge is 0.270 e. The van der Waals surface area contributed by atoms with Gasteiger partial charge in [-0.25, -0.2) is 0 Å². The van der Waals surface area contributed by atoms with Gasteiger partial charge in [-0.15, -0.1) is 0 Å². The second-order valence-electron chi connectivity index (χ2n) is 8.44. The Morgan fingerprint density at radius 1 is 0.622 bits per heavy atom. The van der Waals surface area contributed by atoms with Crippen molar-refractivity contribution in [3.05, 3.63) is 127 Å². The summed E-state index contributed by atoms with van der Waals surface area (Å²) >= 11 is 0. The van der Waals surface area contributed by atoms with Crippen molar-refractivity contribution in [1.29, 1.82) is 0 Å². The lowest BCUT2D eigenvalue weighted by molar-refractivity contribution is -0.385. The van der Waals surface area contributed by atoms with Gasteiger partial charge in [0, 0.05) is 46.8 Å². The molecule has 5 rings (SSSR count). The molecule has 0 aliphatic heterocycles. The summed E-state index contributed by atoms with van der Waals surface area (Å²) in [6, 6.07) is 22.1. The average Bonchev–Trinajstić information content (AvgIpc) is 3.25. The highest BCUT2D eigenvalue weighted by molar-refractivity contribution is 6.05. The van der Waals surface area contributed by atoms with Crippen molar-refractivity contribution < 1.29 is 19.4 Å². The summed E-state index contributed by atoms with van der Waals surface area (Å²) in [5.41, 5.74) is 5.12. The summed E-state index contributed by atoms with van der Waals surface area (Å²) < 4.78 is 0. The average molecular weight is 494 g/mol. The third-order valence-corrected chi connectivity index (χ3v) is 6.04. The summed E-state index contributed by atoms with van der Waals surface area (Å²) in [7, 11) is 0. The van der Waals surface area contributed by atoms with Crippen LogP contribution in [0.2, 0.25) is 0 Å². The van der Waals surface area contributed by atoms with Crippen molar-refractivity contribution in [1.82, 2.24) is 0 Å². The van der Waals surface area contributed by atoms with Crippen molar-refractivity contribution in [3.8, 4) is 11.1 Å². The van der Waals surface area contributed by atoms with Gasteiger partial charge in [-0.05, 0) is 65.1 Å². The number of carbonyl (C=O) groups is 2. The standard InChI is InChI=1S/C27H18N4O6/c32-26(16-3-1-5-22(14-16)30(34)35)28-20-7-9-24-18(12-20)11-19-13-21(8-10-25(19)24)29-27(33)17-4-2-6-23(15-17)31(36)37/h1-10,12-15H,11H2,(H,28,32)(H,29,33). The molecule has 0 saturated heterocycles. The van der Waals surface area contributed by atoms with Crippen LogP contribution in [-0.4, -0.2) is 21.7 Å². The quantitative estimate of drug-likeness (QED) is 0.233. The third-order valence-electron chi connectivity index (χ3n) is 6.04. The Hall–Kier alpha value is -5.38. The Bertz CT molecular complexity index is 1500. The molecule has 2 N–H and O–H groups in total. The molecule has 1 aliphatic rings. The number of benzene rings is 4. The number of carbonyl (C=O) groups excluding carboxylic acids is 2. The van der Waals surface area contributed by atoms with E-state index in [1.54, 1.807) is 12.1 Å². The molecule has 0 radical (unpaired) electrons. The summed E-state index contributed by atoms with van der Waals surface area (Å²) in [4.78, 5) is 46.1. The van der Waals surface area contributed by atoms with E-state index in [1.165, 1.54) is 48.5 Å². The number of hydrogen-bond acceptors (Lipinski definition) is 6. The first kappa shape index (κ1) is 23.4. The fourth-order valence-corrected chi connectivity index (χ4v) is 4.29. The van der Waals surface area contributed by atoms with Crippen molar-refractivity contribution in [2.45, 2.75) is 6.42 Å². The number of nitrogens with one attached hydrogen (secondary N) is 2. The van der Waals surface area contributed by atoms with Crippen LogP contribution in [0, 0.1) is 20.2 Å². The van der Waals surface area contributed by atoms with Crippen LogP contribution in [0.3, 0.4) is 0 Å². The highest BCUT2D eigenvalue weighted by atomic mass is 16.6. The minimum absolute atomic E-state index is 0.162. The molecule has 2 amide bonds. The molecule has 0 atom stereocenters. The minimum Gasteiger partial charge on any atom is -0.322 e. The lowest BCUT2D eigenvalue weighted by atomic mass is 10.0. The second kappa shape index (κ2) is 9.34. The summed E-state index contributed by atoms with van der Waals surface area (Å²) in [5, 5.41) is 27.5. The van der Waals surface area contributed by atoms with Gasteiger partial charge in [0.2, 0.25) is 0 Å². The van der Waals surface area contributed by atoms with Gasteiger partial charge in [-0.3, -0.25) is 29.8 Å². The van der Waals surface area contributed by atoms with E-state index < -0.39 is 21.7 Å². The van der Waals surface area contributed by atoms with Gasteiger partial charge in [0.25, 0.3) is 23.2 Å². The highest BCUT2D eigenvalue weighted by Gasteiger charge is 2.21. The Labute approximate surface area is 209 Å². The van der Waals surface area contributed by atoms with Crippen LogP contribution in [0.4, 0.5) is 22.7 Å². The van der Waals surface area contributed by atoms with Crippen LogP contribution in [0.25, 0.3) is 11.1 Å². The van der Waals surface area contributed by atoms with Crippen LogP contribution in [0.5, 0.6) is 0 Å². The Morgan fingerprint density at radius 3 is 1.46 bits per heavy atom. The maximum atomic E-state index is 12.6. The van der Waals surface area contributed by atoms with Crippen LogP contribution in [-0.2, 0) is 6.42 Å². The molecular weight excluding hydrogens is 476 g/mol. The Kier molecular flexibility index (Phi) is 5.90. The molecule has 182 valence electrons. The van der Waals surface area contributed by atoms with Crippen LogP contribution in [0.15, 0.2) is 84.9 Å². The summed E-state index contributed by atoms with van der Waals surface area (Å²) in [5.74, 6) is -0.907. The number of non-ortho nitro benzene ring substituents is 2. The molecular formula is C27H18N4O6. The minimum atomic E-state index is -0.552. The maximum absolute atomic E-state index is 12.6. The predicted molar refractivity (Wildman–Crippen MR) is 137 cm³/mol. The zero-order chi connectivity index (χ0) is 26.1. The lowest BCUT2D eigenvalue weighted by Crippen LogP contribution is -2.12. The van der Waals surface area contributed by atoms with E-state index in [4.69, 9.17) is 0 Å². The SMILES string of the molecule is O=C(Nc1ccc2c(c1)Cc1cc(NC(=O)c3cccc([N+](=O)[O-])c3)ccc1-2)c1cccc([N+](=O)[O-])c1. The first-order valence-electron chi connectivity index (χ1n) is 11.2. The zero-order valence-electron chi connectivity index (χ0n) is 19.1. The molecule has 0 fully saturated rings. The van der Waals surface area contributed by atoms with E-state index in [1.807, 2.05) is 24.3 Å². The van der Waals surface area contributed by atoms with Gasteiger partial charge in [0.15, 0.2) is 0 Å². The maximum Gasteiger partial charge on any atom is 0.270 e. The molecule has 0 heterocycles. The van der Waals surface area contributed by atoms with E-state index in [2.05, 4.69) is 10.6 Å². The molecule has 1 aliphatic carbocycles. The van der Waals surface area contributed by atoms with Crippen molar-refractivity contribution in [2.75, 3.05) is 10.6 Å². The van der Waals surface area contributed by atoms with Gasteiger partial charge in [0.1, 0.15) is 0 Å². The first-order valence-corrected chi connectivity index (χ1v) is 11.2. The number of fused-ring (bicyclic) bond motifs is 3. The molecule has 4 aromatic carbocycles. The van der Waals surface area contributed by atoms with E-state index in [-0.39, 0.29) is 22.5 Å². The monoisotopic (exact) mass is 494 g/mol. The van der Waals surface area contributed by atoms with Gasteiger partial charge in [-0.1, -0.05) is 24.3 Å². The second-order valence-corrected chi connectivity index (χ2v) is 8.44. The topological polar surface area (TPSA) is 144 Å². The number of amides is 2. The van der Waals surface area contributed by atoms with Crippen LogP contribution in [0.1, 0.15) is 31.8 Å². The number of nitro groups is 2. The van der Waals surface area contributed by atoms with Crippen molar-refractivity contribution in [3.63, 3.8) is 0 Å². The normalized spacial score (nSPS) is 11.2. The Morgan fingerprint density at radius 2 is 1.05 bits per heavy atom. The van der Waals surface area contributed by atoms with E-state index in [9.17, 15) is 29.8 Å². The number of rotatable bonds is 6. The molecule has 0 bridgehead atoms. The first-order chi connectivity index (χ1) is 17.8. The molecule has 4 aromatic rings. The van der Waals surface area contributed by atoms with Crippen LogP contribution >= 0.6 is 0 Å². The van der Waals surface area contributed by atoms with Crippen LogP contribution < -0.4 is 10.6 Å². The molecule has 10 nitrogen and oxygen atoms in total. The zero-order valence-corrected chi connectivity index (χ0v) is 19.1. The van der Waals surface area contributed by atoms with Gasteiger partial charge < -0.3 is 10.6 Å². The van der Waals surface area contributed by atoms with Gasteiger partial charge >= 0.3 is 0 Å². The fourth-order valence-electron chi connectivity index (χ4n) is 4.29. The number of anilines is 2. The van der Waals surface area contributed by atoms with Gasteiger partial charge in [-0.2, -0.15) is 0 Å². The van der Waals surface area contributed by atoms with E-state index >= 15 is 0 Å². The molecule has 0 unspecified atom stereocenters. The highest BCUT2D eigenvalue weighted by Crippen LogP contribution is 2.39. The number of nitrogens with zero attached hydrogens (tertiary/aromatic N) is 2. The molecule has 0 saturated carbocycles. The Balaban J connectivity index is 1.31. The third kappa shape index (κ3) is 4.76. The molecule has 37 heavy (non-hydrogen) atoms. The van der Waals surface area contributed by atoms with E-state index in [0.29, 0.717) is 17.8 Å². The fraction of sp³-hybridized carbons (Fsp3) is 0.0370.